The maximum absolute atomic E-state index is 10.7. The first-order valence-corrected chi connectivity index (χ1v) is 5.44. The Morgan fingerprint density at radius 1 is 1.06 bits per heavy atom. The predicted octanol–water partition coefficient (Wildman–Crippen LogP) is 1.78. The van der Waals surface area contributed by atoms with Crippen molar-refractivity contribution in [3.05, 3.63) is 12.0 Å². The number of hydrogen-bond donors (Lipinski definition) is 1. The quantitative estimate of drug-likeness (QED) is 0.373. The van der Waals surface area contributed by atoms with E-state index in [1.807, 2.05) is 6.92 Å². The molecule has 1 N–H and O–H groups in total. The molecular weight excluding hydrogens is 212 g/mol. The average Bonchev–Trinajstić information content (AvgIpc) is 2.32. The Kier molecular flexibility index (Phi) is 9.50. The van der Waals surface area contributed by atoms with E-state index in [4.69, 9.17) is 19.3 Å². The van der Waals surface area contributed by atoms with Crippen LogP contribution in [0.1, 0.15) is 26.7 Å². The number of ether oxygens (including phenoxy) is 3. The summed E-state index contributed by atoms with van der Waals surface area (Å²) in [5.41, 5.74) is 0. The highest BCUT2D eigenvalue weighted by atomic mass is 16.6. The van der Waals surface area contributed by atoms with Gasteiger partial charge in [-0.3, -0.25) is 4.79 Å². The van der Waals surface area contributed by atoms with E-state index in [2.05, 4.69) is 0 Å². The second kappa shape index (κ2) is 10.3. The molecule has 0 spiro atoms. The number of carbonyl (C=O) groups excluding carboxylic acids is 1. The average molecular weight is 232 g/mol. The van der Waals surface area contributed by atoms with Crippen LogP contribution in [0.25, 0.3) is 0 Å². The normalized spacial score (nSPS) is 11.2. The van der Waals surface area contributed by atoms with Crippen molar-refractivity contribution in [2.75, 3.05) is 26.4 Å². The van der Waals surface area contributed by atoms with E-state index in [0.29, 0.717) is 38.4 Å². The molecule has 5 heteroatoms. The number of carbonyl (C=O) groups is 1. The minimum Gasteiger partial charge on any atom is -0.512 e. The summed E-state index contributed by atoms with van der Waals surface area (Å²) >= 11 is 0. The minimum absolute atomic E-state index is 0.226. The van der Waals surface area contributed by atoms with Gasteiger partial charge < -0.3 is 19.3 Å². The first kappa shape index (κ1) is 14.8. The van der Waals surface area contributed by atoms with Crippen molar-refractivity contribution in [3.63, 3.8) is 0 Å². The highest BCUT2D eigenvalue weighted by Gasteiger charge is 1.98. The van der Waals surface area contributed by atoms with Gasteiger partial charge in [0.15, 0.2) is 0 Å². The van der Waals surface area contributed by atoms with Gasteiger partial charge in [-0.05, 0) is 0 Å². The van der Waals surface area contributed by atoms with E-state index in [-0.39, 0.29) is 12.6 Å². The fourth-order valence-corrected chi connectivity index (χ4v) is 0.881. The lowest BCUT2D eigenvalue weighted by molar-refractivity contribution is -0.144. The van der Waals surface area contributed by atoms with Gasteiger partial charge >= 0.3 is 5.97 Å². The van der Waals surface area contributed by atoms with E-state index in [9.17, 15) is 4.79 Å². The monoisotopic (exact) mass is 232 g/mol. The first-order valence-electron chi connectivity index (χ1n) is 5.44. The summed E-state index contributed by atoms with van der Waals surface area (Å²) in [6, 6.07) is 0. The van der Waals surface area contributed by atoms with Crippen LogP contribution in [0.15, 0.2) is 12.0 Å². The number of rotatable bonds is 9. The highest BCUT2D eigenvalue weighted by Crippen LogP contribution is 2.00. The Balaban J connectivity index is 3.25. The van der Waals surface area contributed by atoms with Crippen molar-refractivity contribution in [2.45, 2.75) is 26.7 Å². The van der Waals surface area contributed by atoms with Crippen LogP contribution < -0.4 is 0 Å². The van der Waals surface area contributed by atoms with Crippen LogP contribution in [0.5, 0.6) is 0 Å². The second-order valence-corrected chi connectivity index (χ2v) is 2.98. The molecule has 0 aliphatic carbocycles. The van der Waals surface area contributed by atoms with Gasteiger partial charge in [0, 0.05) is 12.8 Å². The zero-order chi connectivity index (χ0) is 12.2. The van der Waals surface area contributed by atoms with Crippen LogP contribution in [0.4, 0.5) is 0 Å². The summed E-state index contributed by atoms with van der Waals surface area (Å²) in [6.07, 6.45) is 1.97. The largest absolute Gasteiger partial charge is 0.512 e. The summed E-state index contributed by atoms with van der Waals surface area (Å²) in [5.74, 6) is 0.303. The SMILES string of the molecule is CCC(=O)OCCOCCO/C(=C/O)CC. The molecule has 0 rings (SSSR count). The van der Waals surface area contributed by atoms with E-state index in [1.54, 1.807) is 6.92 Å². The van der Waals surface area contributed by atoms with Crippen molar-refractivity contribution in [3.8, 4) is 0 Å². The van der Waals surface area contributed by atoms with E-state index in [1.165, 1.54) is 0 Å². The first-order chi connectivity index (χ1) is 7.74. The number of hydrogen-bond acceptors (Lipinski definition) is 5. The molecule has 0 aromatic heterocycles. The number of esters is 1. The van der Waals surface area contributed by atoms with Gasteiger partial charge in [0.05, 0.1) is 13.2 Å². The van der Waals surface area contributed by atoms with Crippen LogP contribution in [-0.2, 0) is 19.0 Å². The van der Waals surface area contributed by atoms with E-state index < -0.39 is 0 Å². The Bertz CT molecular complexity index is 212. The smallest absolute Gasteiger partial charge is 0.305 e. The maximum Gasteiger partial charge on any atom is 0.305 e. The summed E-state index contributed by atoms with van der Waals surface area (Å²) in [6.45, 7) is 5.03. The molecule has 0 saturated heterocycles. The topological polar surface area (TPSA) is 65.0 Å². The third kappa shape index (κ3) is 8.11. The Hall–Kier alpha value is -1.23. The van der Waals surface area contributed by atoms with Gasteiger partial charge in [-0.15, -0.1) is 0 Å². The fourth-order valence-electron chi connectivity index (χ4n) is 0.881. The number of allylic oxidation sites excluding steroid dienone is 1. The standard InChI is InChI=1S/C11H20O5/c1-3-10(9-12)15-7-5-14-6-8-16-11(13)4-2/h9,12H,3-8H2,1-2H3/b10-9+. The van der Waals surface area contributed by atoms with Gasteiger partial charge in [-0.1, -0.05) is 13.8 Å². The molecule has 0 radical (unpaired) electrons. The van der Waals surface area contributed by atoms with Crippen molar-refractivity contribution in [1.29, 1.82) is 0 Å². The van der Waals surface area contributed by atoms with Gasteiger partial charge in [0.2, 0.25) is 0 Å². The van der Waals surface area contributed by atoms with Crippen LogP contribution in [0.2, 0.25) is 0 Å². The van der Waals surface area contributed by atoms with Crippen molar-refractivity contribution < 1.29 is 24.1 Å². The lowest BCUT2D eigenvalue weighted by Gasteiger charge is -2.08. The van der Waals surface area contributed by atoms with E-state index in [0.717, 1.165) is 6.26 Å². The number of aliphatic hydroxyl groups is 1. The summed E-state index contributed by atoms with van der Waals surface area (Å²) < 4.78 is 15.1. The Morgan fingerprint density at radius 2 is 1.69 bits per heavy atom. The molecule has 0 heterocycles. The maximum atomic E-state index is 10.7. The zero-order valence-electron chi connectivity index (χ0n) is 9.90. The summed E-state index contributed by atoms with van der Waals surface area (Å²) in [5, 5.41) is 8.67. The van der Waals surface area contributed by atoms with E-state index >= 15 is 0 Å². The van der Waals surface area contributed by atoms with Crippen molar-refractivity contribution in [2.24, 2.45) is 0 Å². The molecule has 94 valence electrons. The highest BCUT2D eigenvalue weighted by molar-refractivity contribution is 5.68. The zero-order valence-corrected chi connectivity index (χ0v) is 9.90. The molecule has 0 aliphatic rings. The lowest BCUT2D eigenvalue weighted by atomic mass is 10.4. The van der Waals surface area contributed by atoms with Crippen molar-refractivity contribution in [1.82, 2.24) is 0 Å². The minimum atomic E-state index is -0.226. The van der Waals surface area contributed by atoms with Crippen LogP contribution in [-0.4, -0.2) is 37.5 Å². The van der Waals surface area contributed by atoms with Crippen LogP contribution in [0.3, 0.4) is 0 Å². The van der Waals surface area contributed by atoms with Crippen molar-refractivity contribution >= 4 is 5.97 Å². The molecule has 0 fully saturated rings. The van der Waals surface area contributed by atoms with Gasteiger partial charge in [0.25, 0.3) is 0 Å². The van der Waals surface area contributed by atoms with Gasteiger partial charge in [0.1, 0.15) is 25.2 Å². The Morgan fingerprint density at radius 3 is 2.19 bits per heavy atom. The summed E-state index contributed by atoms with van der Waals surface area (Å²) in [7, 11) is 0. The third-order valence-corrected chi connectivity index (χ3v) is 1.79. The molecule has 5 nitrogen and oxygen atoms in total. The Labute approximate surface area is 96.0 Å². The molecule has 0 unspecified atom stereocenters. The molecule has 0 aromatic carbocycles. The van der Waals surface area contributed by atoms with Crippen LogP contribution in [0, 0.1) is 0 Å². The lowest BCUT2D eigenvalue weighted by Crippen LogP contribution is -2.12. The molecular formula is C11H20O5. The molecule has 16 heavy (non-hydrogen) atoms. The summed E-state index contributed by atoms with van der Waals surface area (Å²) in [4.78, 5) is 10.7. The van der Waals surface area contributed by atoms with Crippen LogP contribution >= 0.6 is 0 Å². The molecule has 0 bridgehead atoms. The third-order valence-electron chi connectivity index (χ3n) is 1.79. The second-order valence-electron chi connectivity index (χ2n) is 2.98. The van der Waals surface area contributed by atoms with Gasteiger partial charge in [-0.25, -0.2) is 0 Å². The van der Waals surface area contributed by atoms with Gasteiger partial charge in [-0.2, -0.15) is 0 Å². The molecule has 0 atom stereocenters. The predicted molar refractivity (Wildman–Crippen MR) is 59.0 cm³/mol. The molecule has 0 aliphatic heterocycles. The molecule has 0 saturated carbocycles. The molecule has 0 amide bonds. The molecule has 0 aromatic rings. The number of aliphatic hydroxyl groups excluding tert-OH is 1. The fraction of sp³-hybridized carbons (Fsp3) is 0.727.